The number of para-hydroxylation sites is 1. The molecule has 2 aromatic carbocycles. The molecule has 19 heavy (non-hydrogen) atoms. The van der Waals surface area contributed by atoms with E-state index in [9.17, 15) is 5.11 Å². The highest BCUT2D eigenvalue weighted by Crippen LogP contribution is 2.49. The minimum Gasteiger partial charge on any atom is -0.508 e. The predicted molar refractivity (Wildman–Crippen MR) is 76.9 cm³/mol. The number of rotatable bonds is 0. The molecular formula is C16H10O2S. The zero-order valence-corrected chi connectivity index (χ0v) is 10.8. The monoisotopic (exact) mass is 266 g/mol. The van der Waals surface area contributed by atoms with E-state index in [1.807, 2.05) is 24.3 Å². The largest absolute Gasteiger partial charge is 0.508 e. The Morgan fingerprint density at radius 3 is 2.68 bits per heavy atom. The van der Waals surface area contributed by atoms with E-state index in [0.717, 1.165) is 16.9 Å². The summed E-state index contributed by atoms with van der Waals surface area (Å²) >= 11 is 1.69. The summed E-state index contributed by atoms with van der Waals surface area (Å²) < 4.78 is 5.97. The standard InChI is InChI=1S/C16H10O2S/c17-10-5-6-13-15(9-10)18-14-4-2-1-3-11(14)12-7-8-19-16(12)13/h1-9,17H. The zero-order valence-electron chi connectivity index (χ0n) is 9.96. The van der Waals surface area contributed by atoms with Crippen molar-refractivity contribution >= 4 is 11.3 Å². The molecule has 1 N–H and O–H groups in total. The highest BCUT2D eigenvalue weighted by atomic mass is 32.1. The second-order valence-electron chi connectivity index (χ2n) is 4.44. The topological polar surface area (TPSA) is 29.5 Å². The molecule has 0 spiro atoms. The lowest BCUT2D eigenvalue weighted by Crippen LogP contribution is -1.85. The molecular weight excluding hydrogens is 256 g/mol. The number of ether oxygens (including phenoxy) is 1. The first-order valence-corrected chi connectivity index (χ1v) is 6.89. The van der Waals surface area contributed by atoms with Crippen LogP contribution in [0.5, 0.6) is 17.2 Å². The molecule has 1 aromatic heterocycles. The van der Waals surface area contributed by atoms with Gasteiger partial charge >= 0.3 is 0 Å². The first-order valence-electron chi connectivity index (χ1n) is 6.01. The number of hydrogen-bond donors (Lipinski definition) is 1. The van der Waals surface area contributed by atoms with Crippen molar-refractivity contribution in [1.29, 1.82) is 0 Å². The predicted octanol–water partition coefficient (Wildman–Crippen LogP) is 4.89. The van der Waals surface area contributed by atoms with Crippen molar-refractivity contribution < 1.29 is 9.84 Å². The summed E-state index contributed by atoms with van der Waals surface area (Å²) in [6, 6.07) is 15.4. The van der Waals surface area contributed by atoms with E-state index in [1.54, 1.807) is 23.5 Å². The minimum absolute atomic E-state index is 0.219. The maximum Gasteiger partial charge on any atom is 0.139 e. The summed E-state index contributed by atoms with van der Waals surface area (Å²) in [5, 5.41) is 11.7. The molecule has 0 atom stereocenters. The molecule has 0 aliphatic carbocycles. The smallest absolute Gasteiger partial charge is 0.139 e. The minimum atomic E-state index is 0.219. The van der Waals surface area contributed by atoms with Gasteiger partial charge in [0.1, 0.15) is 17.2 Å². The molecule has 0 fully saturated rings. The number of fused-ring (bicyclic) bond motifs is 5. The Balaban J connectivity index is 2.09. The summed E-state index contributed by atoms with van der Waals surface area (Å²) in [5.41, 5.74) is 3.30. The van der Waals surface area contributed by atoms with Crippen LogP contribution in [0.1, 0.15) is 0 Å². The van der Waals surface area contributed by atoms with Crippen LogP contribution in [-0.2, 0) is 0 Å². The van der Waals surface area contributed by atoms with Gasteiger partial charge in [-0.25, -0.2) is 0 Å². The van der Waals surface area contributed by atoms with Gasteiger partial charge in [0.05, 0.1) is 0 Å². The molecule has 0 saturated heterocycles. The molecule has 3 aromatic rings. The zero-order chi connectivity index (χ0) is 12.8. The average molecular weight is 266 g/mol. The highest BCUT2D eigenvalue weighted by Gasteiger charge is 2.21. The van der Waals surface area contributed by atoms with Crippen LogP contribution in [-0.4, -0.2) is 5.11 Å². The fourth-order valence-corrected chi connectivity index (χ4v) is 3.35. The molecule has 2 heterocycles. The summed E-state index contributed by atoms with van der Waals surface area (Å²) in [6.45, 7) is 0. The number of phenols is 1. The van der Waals surface area contributed by atoms with Crippen LogP contribution in [0.4, 0.5) is 0 Å². The summed E-state index contributed by atoms with van der Waals surface area (Å²) in [4.78, 5) is 1.18. The van der Waals surface area contributed by atoms with Crippen molar-refractivity contribution in [3.05, 3.63) is 53.9 Å². The number of hydrogen-bond acceptors (Lipinski definition) is 3. The van der Waals surface area contributed by atoms with Gasteiger partial charge in [0, 0.05) is 27.6 Å². The lowest BCUT2D eigenvalue weighted by molar-refractivity contribution is 0.457. The van der Waals surface area contributed by atoms with Crippen molar-refractivity contribution in [2.45, 2.75) is 0 Å². The maximum atomic E-state index is 9.65. The van der Waals surface area contributed by atoms with Crippen LogP contribution in [0, 0.1) is 0 Å². The van der Waals surface area contributed by atoms with Gasteiger partial charge in [0.15, 0.2) is 0 Å². The van der Waals surface area contributed by atoms with Crippen LogP contribution in [0.3, 0.4) is 0 Å². The van der Waals surface area contributed by atoms with E-state index >= 15 is 0 Å². The molecule has 3 heteroatoms. The van der Waals surface area contributed by atoms with E-state index in [-0.39, 0.29) is 5.75 Å². The molecule has 0 unspecified atom stereocenters. The number of thiophene rings is 1. The Hall–Kier alpha value is -2.26. The van der Waals surface area contributed by atoms with Gasteiger partial charge in [-0.1, -0.05) is 18.2 Å². The van der Waals surface area contributed by atoms with Crippen molar-refractivity contribution in [2.24, 2.45) is 0 Å². The molecule has 1 aliphatic rings. The SMILES string of the molecule is Oc1ccc2c(c1)Oc1ccccc1-c1ccsc1-2. The van der Waals surface area contributed by atoms with Crippen LogP contribution in [0.2, 0.25) is 0 Å². The Morgan fingerprint density at radius 1 is 0.842 bits per heavy atom. The molecule has 0 amide bonds. The summed E-state index contributed by atoms with van der Waals surface area (Å²) in [7, 11) is 0. The van der Waals surface area contributed by atoms with E-state index < -0.39 is 0 Å². The number of aromatic hydroxyl groups is 1. The second-order valence-corrected chi connectivity index (χ2v) is 5.36. The molecule has 0 radical (unpaired) electrons. The third kappa shape index (κ3) is 1.55. The van der Waals surface area contributed by atoms with Gasteiger partial charge in [-0.05, 0) is 29.6 Å². The Bertz CT molecular complexity index is 774. The van der Waals surface area contributed by atoms with E-state index in [4.69, 9.17) is 4.74 Å². The maximum absolute atomic E-state index is 9.65. The normalized spacial score (nSPS) is 11.8. The Kier molecular flexibility index (Phi) is 2.17. The van der Waals surface area contributed by atoms with Crippen molar-refractivity contribution in [3.63, 3.8) is 0 Å². The van der Waals surface area contributed by atoms with Gasteiger partial charge in [-0.2, -0.15) is 0 Å². The van der Waals surface area contributed by atoms with Gasteiger partial charge < -0.3 is 9.84 Å². The van der Waals surface area contributed by atoms with E-state index in [0.29, 0.717) is 5.75 Å². The lowest BCUT2D eigenvalue weighted by atomic mass is 10.0. The van der Waals surface area contributed by atoms with Crippen molar-refractivity contribution in [3.8, 4) is 38.8 Å². The fraction of sp³-hybridized carbons (Fsp3) is 0. The van der Waals surface area contributed by atoms with Crippen molar-refractivity contribution in [1.82, 2.24) is 0 Å². The third-order valence-corrected chi connectivity index (χ3v) is 4.22. The molecule has 4 rings (SSSR count). The van der Waals surface area contributed by atoms with Crippen molar-refractivity contribution in [2.75, 3.05) is 0 Å². The Morgan fingerprint density at radius 2 is 1.74 bits per heavy atom. The number of benzene rings is 2. The quantitative estimate of drug-likeness (QED) is 0.491. The molecule has 2 nitrogen and oxygen atoms in total. The Labute approximate surface area is 114 Å². The summed E-state index contributed by atoms with van der Waals surface area (Å²) in [5.74, 6) is 1.75. The number of phenolic OH excluding ortho intramolecular Hbond substituents is 1. The van der Waals surface area contributed by atoms with E-state index in [1.165, 1.54) is 10.4 Å². The lowest BCUT2D eigenvalue weighted by Gasteiger charge is -2.08. The van der Waals surface area contributed by atoms with Crippen LogP contribution in [0.25, 0.3) is 21.6 Å². The first kappa shape index (κ1) is 10.6. The van der Waals surface area contributed by atoms with Gasteiger partial charge in [0.2, 0.25) is 0 Å². The first-order chi connectivity index (χ1) is 9.33. The van der Waals surface area contributed by atoms with Crippen LogP contribution < -0.4 is 4.74 Å². The van der Waals surface area contributed by atoms with Gasteiger partial charge in [-0.15, -0.1) is 11.3 Å². The van der Waals surface area contributed by atoms with Gasteiger partial charge in [-0.3, -0.25) is 0 Å². The molecule has 0 saturated carbocycles. The highest BCUT2D eigenvalue weighted by molar-refractivity contribution is 7.14. The van der Waals surface area contributed by atoms with E-state index in [2.05, 4.69) is 17.5 Å². The molecule has 1 aliphatic heterocycles. The van der Waals surface area contributed by atoms with Crippen LogP contribution in [0.15, 0.2) is 53.9 Å². The fourth-order valence-electron chi connectivity index (χ4n) is 2.41. The van der Waals surface area contributed by atoms with Gasteiger partial charge in [0.25, 0.3) is 0 Å². The molecule has 0 bridgehead atoms. The second kappa shape index (κ2) is 3.87. The van der Waals surface area contributed by atoms with Crippen LogP contribution >= 0.6 is 11.3 Å². The molecule has 92 valence electrons. The average Bonchev–Trinajstić information content (AvgIpc) is 2.84. The summed E-state index contributed by atoms with van der Waals surface area (Å²) in [6.07, 6.45) is 0. The third-order valence-electron chi connectivity index (χ3n) is 3.27.